The Hall–Kier alpha value is -2.77. The minimum absolute atomic E-state index is 0.171. The van der Waals surface area contributed by atoms with E-state index in [1.54, 1.807) is 6.07 Å². The highest BCUT2D eigenvalue weighted by atomic mass is 32.1. The highest BCUT2D eigenvalue weighted by molar-refractivity contribution is 7.13. The number of unbranched alkanes of at least 4 members (excludes halogenated alkanes) is 2. The number of ketones is 1. The van der Waals surface area contributed by atoms with Crippen molar-refractivity contribution in [3.63, 3.8) is 0 Å². The molecule has 1 N–H and O–H groups in total. The van der Waals surface area contributed by atoms with Crippen LogP contribution in [0.1, 0.15) is 90.6 Å². The predicted molar refractivity (Wildman–Crippen MR) is 136 cm³/mol. The molecule has 2 atom stereocenters. The van der Waals surface area contributed by atoms with Crippen molar-refractivity contribution in [1.82, 2.24) is 0 Å². The fourth-order valence-corrected chi connectivity index (χ4v) is 5.42. The van der Waals surface area contributed by atoms with Gasteiger partial charge in [0, 0.05) is 23.8 Å². The van der Waals surface area contributed by atoms with Crippen LogP contribution in [0.4, 0.5) is 0 Å². The lowest BCUT2D eigenvalue weighted by molar-refractivity contribution is -0.150. The second-order valence-electron chi connectivity index (χ2n) is 8.89. The Morgan fingerprint density at radius 1 is 1.09 bits per heavy atom. The van der Waals surface area contributed by atoms with Gasteiger partial charge in [-0.25, -0.2) is 4.79 Å². The lowest BCUT2D eigenvalue weighted by atomic mass is 9.95. The van der Waals surface area contributed by atoms with Crippen molar-refractivity contribution in [2.45, 2.75) is 77.4 Å². The molecule has 1 aliphatic carbocycles. The topological polar surface area (TPSA) is 89.9 Å². The molecule has 1 aliphatic rings. The minimum atomic E-state index is -0.788. The van der Waals surface area contributed by atoms with Crippen molar-refractivity contribution in [2.24, 2.45) is 0 Å². The van der Waals surface area contributed by atoms with E-state index in [0.717, 1.165) is 60.1 Å². The molecule has 188 valence electrons. The highest BCUT2D eigenvalue weighted by Gasteiger charge is 2.35. The van der Waals surface area contributed by atoms with E-state index in [1.807, 2.05) is 30.3 Å². The number of Topliss-reactive ketones (excluding diaryl/α,β-unsaturated/α-hetero) is 1. The number of carbonyl (C=O) groups is 3. The standard InChI is InChI=1S/C28H34O6S/c1-4-5-6-10-23(30)19-11-13-20(14-12-19)26-21(17-24(27(26)31)34-18(2)29)8-7-9-22-15-16-25(35-22)28(32)33-3/h11-16,23-24,30H,4-10,17H2,1-3H3. The summed E-state index contributed by atoms with van der Waals surface area (Å²) in [5, 5.41) is 10.5. The Labute approximate surface area is 211 Å². The zero-order chi connectivity index (χ0) is 25.4. The van der Waals surface area contributed by atoms with Crippen LogP contribution in [0.15, 0.2) is 42.0 Å². The molecule has 1 aromatic heterocycles. The van der Waals surface area contributed by atoms with E-state index in [1.165, 1.54) is 25.4 Å². The fraction of sp³-hybridized carbons (Fsp3) is 0.464. The van der Waals surface area contributed by atoms with Crippen molar-refractivity contribution in [2.75, 3.05) is 7.11 Å². The van der Waals surface area contributed by atoms with Gasteiger partial charge in [-0.05, 0) is 48.9 Å². The van der Waals surface area contributed by atoms with Gasteiger partial charge in [-0.15, -0.1) is 11.3 Å². The number of aryl methyl sites for hydroxylation is 1. The summed E-state index contributed by atoms with van der Waals surface area (Å²) in [6.07, 6.45) is 5.24. The SMILES string of the molecule is CCCCCC(O)c1ccc(C2=C(CCCc3ccc(C(=O)OC)s3)CC(OC(C)=O)C2=O)cc1. The van der Waals surface area contributed by atoms with Crippen molar-refractivity contribution in [3.05, 3.63) is 62.9 Å². The Morgan fingerprint density at radius 3 is 2.49 bits per heavy atom. The molecule has 0 saturated heterocycles. The Kier molecular flexibility index (Phi) is 9.81. The number of methoxy groups -OCH3 is 1. The van der Waals surface area contributed by atoms with Crippen molar-refractivity contribution in [1.29, 1.82) is 0 Å². The molecule has 35 heavy (non-hydrogen) atoms. The van der Waals surface area contributed by atoms with Crippen LogP contribution in [0.5, 0.6) is 0 Å². The molecule has 1 heterocycles. The first-order valence-electron chi connectivity index (χ1n) is 12.2. The summed E-state index contributed by atoms with van der Waals surface area (Å²) in [6, 6.07) is 11.2. The summed E-state index contributed by atoms with van der Waals surface area (Å²) >= 11 is 1.42. The van der Waals surface area contributed by atoms with Gasteiger partial charge in [-0.3, -0.25) is 9.59 Å². The molecular weight excluding hydrogens is 464 g/mol. The largest absolute Gasteiger partial charge is 0.465 e. The van der Waals surface area contributed by atoms with Gasteiger partial charge in [-0.2, -0.15) is 0 Å². The number of aliphatic hydroxyl groups is 1. The van der Waals surface area contributed by atoms with Crippen LogP contribution in [-0.4, -0.2) is 36.0 Å². The molecule has 0 radical (unpaired) electrons. The monoisotopic (exact) mass is 498 g/mol. The van der Waals surface area contributed by atoms with E-state index in [9.17, 15) is 19.5 Å². The molecule has 6 nitrogen and oxygen atoms in total. The summed E-state index contributed by atoms with van der Waals surface area (Å²) in [6.45, 7) is 3.45. The zero-order valence-electron chi connectivity index (χ0n) is 20.7. The maximum atomic E-state index is 13.2. The maximum Gasteiger partial charge on any atom is 0.348 e. The highest BCUT2D eigenvalue weighted by Crippen LogP contribution is 2.36. The average molecular weight is 499 g/mol. The smallest absolute Gasteiger partial charge is 0.348 e. The summed E-state index contributed by atoms with van der Waals surface area (Å²) in [7, 11) is 1.37. The number of carbonyl (C=O) groups excluding carboxylic acids is 3. The van der Waals surface area contributed by atoms with E-state index in [2.05, 4.69) is 6.92 Å². The number of rotatable bonds is 12. The van der Waals surface area contributed by atoms with Gasteiger partial charge >= 0.3 is 11.9 Å². The third-order valence-electron chi connectivity index (χ3n) is 6.25. The van der Waals surface area contributed by atoms with Crippen LogP contribution in [-0.2, 0) is 25.5 Å². The molecule has 3 rings (SSSR count). The van der Waals surface area contributed by atoms with Gasteiger partial charge in [0.1, 0.15) is 4.88 Å². The molecule has 0 bridgehead atoms. The molecule has 0 saturated carbocycles. The van der Waals surface area contributed by atoms with Crippen molar-refractivity contribution < 1.29 is 29.0 Å². The summed E-state index contributed by atoms with van der Waals surface area (Å²) in [4.78, 5) is 38.0. The third-order valence-corrected chi connectivity index (χ3v) is 7.37. The molecule has 0 spiro atoms. The van der Waals surface area contributed by atoms with Crippen LogP contribution >= 0.6 is 11.3 Å². The van der Waals surface area contributed by atoms with Gasteiger partial charge in [0.2, 0.25) is 5.78 Å². The lowest BCUT2D eigenvalue weighted by Gasteiger charge is -2.13. The summed E-state index contributed by atoms with van der Waals surface area (Å²) < 4.78 is 10.1. The van der Waals surface area contributed by atoms with E-state index in [0.29, 0.717) is 23.3 Å². The quantitative estimate of drug-likeness (QED) is 0.293. The maximum absolute atomic E-state index is 13.2. The minimum Gasteiger partial charge on any atom is -0.465 e. The van der Waals surface area contributed by atoms with Crippen LogP contribution in [0.3, 0.4) is 0 Å². The Balaban J connectivity index is 1.73. The van der Waals surface area contributed by atoms with Gasteiger partial charge in [0.15, 0.2) is 6.10 Å². The molecule has 2 aromatic rings. The zero-order valence-corrected chi connectivity index (χ0v) is 21.5. The number of hydrogen-bond acceptors (Lipinski definition) is 7. The molecular formula is C28H34O6S. The number of thiophene rings is 1. The van der Waals surface area contributed by atoms with Crippen LogP contribution in [0.25, 0.3) is 5.57 Å². The van der Waals surface area contributed by atoms with E-state index < -0.39 is 18.2 Å². The lowest BCUT2D eigenvalue weighted by Crippen LogP contribution is -2.22. The molecule has 0 aliphatic heterocycles. The van der Waals surface area contributed by atoms with Gasteiger partial charge in [0.05, 0.1) is 13.2 Å². The van der Waals surface area contributed by atoms with E-state index in [4.69, 9.17) is 9.47 Å². The number of esters is 2. The number of hydrogen-bond donors (Lipinski definition) is 1. The fourth-order valence-electron chi connectivity index (χ4n) is 4.45. The number of ether oxygens (including phenoxy) is 2. The van der Waals surface area contributed by atoms with Crippen LogP contribution in [0.2, 0.25) is 0 Å². The molecule has 1 aromatic carbocycles. The summed E-state index contributed by atoms with van der Waals surface area (Å²) in [5.41, 5.74) is 3.22. The Bertz CT molecular complexity index is 1070. The second-order valence-corrected chi connectivity index (χ2v) is 10.1. The van der Waals surface area contributed by atoms with Crippen molar-refractivity contribution in [3.8, 4) is 0 Å². The first kappa shape index (κ1) is 26.8. The van der Waals surface area contributed by atoms with Crippen LogP contribution in [0, 0.1) is 0 Å². The predicted octanol–water partition coefficient (Wildman–Crippen LogP) is 5.83. The Morgan fingerprint density at radius 2 is 1.83 bits per heavy atom. The summed E-state index contributed by atoms with van der Waals surface area (Å²) in [5.74, 6) is -0.977. The first-order chi connectivity index (χ1) is 16.8. The normalized spacial score (nSPS) is 16.5. The van der Waals surface area contributed by atoms with E-state index >= 15 is 0 Å². The van der Waals surface area contributed by atoms with E-state index in [-0.39, 0.29) is 11.8 Å². The average Bonchev–Trinajstić information content (AvgIpc) is 3.43. The molecule has 0 amide bonds. The molecule has 0 fully saturated rings. The number of benzene rings is 1. The van der Waals surface area contributed by atoms with Gasteiger partial charge in [0.25, 0.3) is 0 Å². The van der Waals surface area contributed by atoms with Crippen LogP contribution < -0.4 is 0 Å². The molecule has 2 unspecified atom stereocenters. The second kappa shape index (κ2) is 12.8. The number of aliphatic hydroxyl groups excluding tert-OH is 1. The first-order valence-corrected chi connectivity index (χ1v) is 13.0. The van der Waals surface area contributed by atoms with Crippen molar-refractivity contribution >= 4 is 34.6 Å². The van der Waals surface area contributed by atoms with Gasteiger partial charge in [-0.1, -0.05) is 56.0 Å². The van der Waals surface area contributed by atoms with Gasteiger partial charge < -0.3 is 14.6 Å². The molecule has 7 heteroatoms. The third kappa shape index (κ3) is 7.12.